The molecule has 2 unspecified atom stereocenters. The highest BCUT2D eigenvalue weighted by Crippen LogP contribution is 2.44. The van der Waals surface area contributed by atoms with Gasteiger partial charge in [0.25, 0.3) is 0 Å². The number of hydrogen-bond acceptors (Lipinski definition) is 4. The van der Waals surface area contributed by atoms with Crippen LogP contribution >= 0.6 is 0 Å². The maximum atomic E-state index is 12.2. The second kappa shape index (κ2) is 6.86. The number of rotatable bonds is 3. The Bertz CT molecular complexity index is 730. The molecule has 2 N–H and O–H groups in total. The Morgan fingerprint density at radius 3 is 2.40 bits per heavy atom. The number of fused-ring (bicyclic) bond motifs is 3. The van der Waals surface area contributed by atoms with Crippen LogP contribution in [0.3, 0.4) is 0 Å². The lowest BCUT2D eigenvalue weighted by atomic mass is 9.98. The standard InChI is InChI=1S/C20H21NO4/c22-19-12-24-10-9-18(19)21-20(23)25-11-17-15-7-3-1-5-13(15)14-6-2-4-8-16(14)17/h1-8,17-19,22H,9-12H2,(H,21,23). The lowest BCUT2D eigenvalue weighted by Crippen LogP contribution is -2.49. The minimum absolute atomic E-state index is 0.0396. The fourth-order valence-electron chi connectivity index (χ4n) is 3.68. The molecule has 1 aliphatic carbocycles. The fraction of sp³-hybridized carbons (Fsp3) is 0.350. The molecule has 1 heterocycles. The van der Waals surface area contributed by atoms with Crippen LogP contribution in [0.25, 0.3) is 11.1 Å². The van der Waals surface area contributed by atoms with Gasteiger partial charge in [-0.15, -0.1) is 0 Å². The summed E-state index contributed by atoms with van der Waals surface area (Å²) in [5.74, 6) is 0.0396. The summed E-state index contributed by atoms with van der Waals surface area (Å²) in [5.41, 5.74) is 4.77. The summed E-state index contributed by atoms with van der Waals surface area (Å²) in [6.07, 6.45) is -0.590. The minimum Gasteiger partial charge on any atom is -0.449 e. The van der Waals surface area contributed by atoms with Crippen molar-refractivity contribution in [3.8, 4) is 11.1 Å². The van der Waals surface area contributed by atoms with E-state index in [1.807, 2.05) is 24.3 Å². The van der Waals surface area contributed by atoms with E-state index in [1.54, 1.807) is 0 Å². The molecule has 0 spiro atoms. The number of aliphatic hydroxyl groups excluding tert-OH is 1. The molecule has 2 atom stereocenters. The van der Waals surface area contributed by atoms with E-state index in [4.69, 9.17) is 9.47 Å². The van der Waals surface area contributed by atoms with E-state index in [0.717, 1.165) is 0 Å². The van der Waals surface area contributed by atoms with Crippen LogP contribution in [-0.2, 0) is 9.47 Å². The third kappa shape index (κ3) is 3.13. The molecule has 1 fully saturated rings. The predicted molar refractivity (Wildman–Crippen MR) is 93.4 cm³/mol. The Morgan fingerprint density at radius 1 is 1.12 bits per heavy atom. The van der Waals surface area contributed by atoms with Gasteiger partial charge in [-0.2, -0.15) is 0 Å². The third-order valence-electron chi connectivity index (χ3n) is 4.97. The molecule has 2 aromatic rings. The normalized spacial score (nSPS) is 22.1. The Kier molecular flexibility index (Phi) is 4.42. The zero-order chi connectivity index (χ0) is 17.2. The molecule has 5 nitrogen and oxygen atoms in total. The van der Waals surface area contributed by atoms with E-state index >= 15 is 0 Å². The van der Waals surface area contributed by atoms with E-state index in [9.17, 15) is 9.90 Å². The van der Waals surface area contributed by atoms with Crippen LogP contribution in [0.1, 0.15) is 23.5 Å². The first-order chi connectivity index (χ1) is 12.2. The molecule has 0 bridgehead atoms. The second-order valence-electron chi connectivity index (χ2n) is 6.51. The molecule has 0 radical (unpaired) electrons. The van der Waals surface area contributed by atoms with Crippen molar-refractivity contribution >= 4 is 6.09 Å². The van der Waals surface area contributed by atoms with Crippen LogP contribution in [-0.4, -0.2) is 43.2 Å². The van der Waals surface area contributed by atoms with Crippen LogP contribution in [0.15, 0.2) is 48.5 Å². The van der Waals surface area contributed by atoms with Crippen molar-refractivity contribution in [3.05, 3.63) is 59.7 Å². The van der Waals surface area contributed by atoms with Crippen molar-refractivity contribution in [2.45, 2.75) is 24.5 Å². The SMILES string of the molecule is O=C(NC1CCOCC1O)OCC1c2ccccc2-c2ccccc21. The summed E-state index contributed by atoms with van der Waals surface area (Å²) < 4.78 is 10.7. The first-order valence-electron chi connectivity index (χ1n) is 8.61. The van der Waals surface area contributed by atoms with Gasteiger partial charge in [-0.1, -0.05) is 48.5 Å². The largest absolute Gasteiger partial charge is 0.449 e. The number of aliphatic hydroxyl groups is 1. The highest BCUT2D eigenvalue weighted by Gasteiger charge is 2.30. The average Bonchev–Trinajstić information content (AvgIpc) is 2.96. The summed E-state index contributed by atoms with van der Waals surface area (Å²) in [6, 6.07) is 16.1. The van der Waals surface area contributed by atoms with Crippen molar-refractivity contribution in [1.29, 1.82) is 0 Å². The molecule has 130 valence electrons. The topological polar surface area (TPSA) is 67.8 Å². The van der Waals surface area contributed by atoms with Crippen LogP contribution in [0.4, 0.5) is 4.79 Å². The highest BCUT2D eigenvalue weighted by atomic mass is 16.5. The monoisotopic (exact) mass is 339 g/mol. The lowest BCUT2D eigenvalue weighted by molar-refractivity contribution is -0.0273. The van der Waals surface area contributed by atoms with E-state index in [2.05, 4.69) is 29.6 Å². The van der Waals surface area contributed by atoms with Gasteiger partial charge in [-0.3, -0.25) is 0 Å². The minimum atomic E-state index is -0.686. The van der Waals surface area contributed by atoms with E-state index < -0.39 is 12.2 Å². The number of alkyl carbamates (subject to hydrolysis) is 1. The van der Waals surface area contributed by atoms with Gasteiger partial charge in [-0.25, -0.2) is 4.79 Å². The van der Waals surface area contributed by atoms with Gasteiger partial charge in [0.05, 0.1) is 18.8 Å². The van der Waals surface area contributed by atoms with Gasteiger partial charge in [-0.05, 0) is 28.7 Å². The smallest absolute Gasteiger partial charge is 0.407 e. The average molecular weight is 339 g/mol. The van der Waals surface area contributed by atoms with Crippen LogP contribution in [0, 0.1) is 0 Å². The summed E-state index contributed by atoms with van der Waals surface area (Å²) in [5, 5.41) is 12.6. The molecule has 4 rings (SSSR count). The van der Waals surface area contributed by atoms with Crippen molar-refractivity contribution in [2.24, 2.45) is 0 Å². The van der Waals surface area contributed by atoms with Crippen molar-refractivity contribution < 1.29 is 19.4 Å². The van der Waals surface area contributed by atoms with Crippen molar-refractivity contribution in [2.75, 3.05) is 19.8 Å². The number of hydrogen-bond donors (Lipinski definition) is 2. The molecule has 5 heteroatoms. The Morgan fingerprint density at radius 2 is 1.76 bits per heavy atom. The zero-order valence-corrected chi connectivity index (χ0v) is 13.9. The van der Waals surface area contributed by atoms with Crippen LogP contribution < -0.4 is 5.32 Å². The lowest BCUT2D eigenvalue weighted by Gasteiger charge is -2.28. The quantitative estimate of drug-likeness (QED) is 0.902. The van der Waals surface area contributed by atoms with Crippen LogP contribution in [0.2, 0.25) is 0 Å². The number of carbonyl (C=O) groups is 1. The number of benzene rings is 2. The fourth-order valence-corrected chi connectivity index (χ4v) is 3.68. The molecular formula is C20H21NO4. The molecule has 0 saturated carbocycles. The molecule has 0 aromatic heterocycles. The second-order valence-corrected chi connectivity index (χ2v) is 6.51. The summed E-state index contributed by atoms with van der Waals surface area (Å²) in [6.45, 7) is 1.05. The number of amides is 1. The number of carbonyl (C=O) groups excluding carboxylic acids is 1. The molecule has 25 heavy (non-hydrogen) atoms. The Hall–Kier alpha value is -2.37. The maximum absolute atomic E-state index is 12.2. The van der Waals surface area contributed by atoms with Gasteiger partial charge < -0.3 is 19.9 Å². The first kappa shape index (κ1) is 16.1. The van der Waals surface area contributed by atoms with Gasteiger partial charge in [0.1, 0.15) is 6.61 Å². The molecule has 2 aromatic carbocycles. The Balaban J connectivity index is 1.45. The van der Waals surface area contributed by atoms with E-state index in [1.165, 1.54) is 22.3 Å². The van der Waals surface area contributed by atoms with Gasteiger partial charge in [0, 0.05) is 12.5 Å². The maximum Gasteiger partial charge on any atom is 0.407 e. The summed E-state index contributed by atoms with van der Waals surface area (Å²) in [4.78, 5) is 12.2. The number of ether oxygens (including phenoxy) is 2. The highest BCUT2D eigenvalue weighted by molar-refractivity contribution is 5.79. The van der Waals surface area contributed by atoms with Crippen LogP contribution in [0.5, 0.6) is 0 Å². The van der Waals surface area contributed by atoms with Gasteiger partial charge in [0.2, 0.25) is 0 Å². The van der Waals surface area contributed by atoms with Gasteiger partial charge >= 0.3 is 6.09 Å². The molecule has 1 saturated heterocycles. The van der Waals surface area contributed by atoms with Gasteiger partial charge in [0.15, 0.2) is 0 Å². The third-order valence-corrected chi connectivity index (χ3v) is 4.97. The van der Waals surface area contributed by atoms with E-state index in [-0.39, 0.29) is 25.2 Å². The summed E-state index contributed by atoms with van der Waals surface area (Å²) >= 11 is 0. The van der Waals surface area contributed by atoms with Crippen molar-refractivity contribution in [1.82, 2.24) is 5.32 Å². The van der Waals surface area contributed by atoms with Crippen molar-refractivity contribution in [3.63, 3.8) is 0 Å². The van der Waals surface area contributed by atoms with E-state index in [0.29, 0.717) is 13.0 Å². The molecule has 1 aliphatic heterocycles. The molecular weight excluding hydrogens is 318 g/mol. The zero-order valence-electron chi connectivity index (χ0n) is 13.9. The first-order valence-corrected chi connectivity index (χ1v) is 8.61. The number of nitrogens with one attached hydrogen (secondary N) is 1. The predicted octanol–water partition coefficient (Wildman–Crippen LogP) is 2.67. The molecule has 1 amide bonds. The Labute approximate surface area is 146 Å². The summed E-state index contributed by atoms with van der Waals surface area (Å²) in [7, 11) is 0. The molecule has 2 aliphatic rings.